The molecule has 10 heteroatoms. The van der Waals surface area contributed by atoms with Crippen molar-refractivity contribution >= 4 is 29.1 Å². The van der Waals surface area contributed by atoms with Gasteiger partial charge in [0.25, 0.3) is 0 Å². The molecule has 0 saturated carbocycles. The summed E-state index contributed by atoms with van der Waals surface area (Å²) in [5.41, 5.74) is 0.410. The first-order valence-corrected chi connectivity index (χ1v) is 10.5. The lowest BCUT2D eigenvalue weighted by Gasteiger charge is -2.37. The molecule has 2 amide bonds. The summed E-state index contributed by atoms with van der Waals surface area (Å²) in [6.07, 6.45) is 2.17. The van der Waals surface area contributed by atoms with Crippen LogP contribution in [-0.4, -0.2) is 85.0 Å². The third-order valence-electron chi connectivity index (χ3n) is 5.57. The topological polar surface area (TPSA) is 65.1 Å². The molecular formula is C20H27ClF2N4O3. The van der Waals surface area contributed by atoms with Gasteiger partial charge in [-0.2, -0.15) is 8.78 Å². The van der Waals surface area contributed by atoms with Crippen LogP contribution in [0.2, 0.25) is 5.02 Å². The summed E-state index contributed by atoms with van der Waals surface area (Å²) in [4.78, 5) is 31.0. The average Bonchev–Trinajstić information content (AvgIpc) is 3.25. The van der Waals surface area contributed by atoms with E-state index in [0.29, 0.717) is 25.3 Å². The van der Waals surface area contributed by atoms with Crippen LogP contribution in [0, 0.1) is 0 Å². The number of nitrogens with zero attached hydrogens (tertiary/aromatic N) is 3. The Kier molecular flexibility index (Phi) is 7.85. The number of piperazine rings is 1. The van der Waals surface area contributed by atoms with E-state index in [2.05, 4.69) is 19.9 Å². The lowest BCUT2D eigenvalue weighted by atomic mass is 10.2. The molecule has 2 aliphatic heterocycles. The van der Waals surface area contributed by atoms with Gasteiger partial charge < -0.3 is 15.0 Å². The number of carbonyl (C=O) groups excluding carboxylic acids is 2. The summed E-state index contributed by atoms with van der Waals surface area (Å²) in [5, 5.41) is 2.76. The van der Waals surface area contributed by atoms with E-state index in [9.17, 15) is 18.4 Å². The third kappa shape index (κ3) is 6.02. The predicted octanol–water partition coefficient (Wildman–Crippen LogP) is 2.51. The Morgan fingerprint density at radius 2 is 1.80 bits per heavy atom. The Bertz CT molecular complexity index is 754. The van der Waals surface area contributed by atoms with Crippen LogP contribution < -0.4 is 10.1 Å². The van der Waals surface area contributed by atoms with Crippen LogP contribution in [0.1, 0.15) is 19.8 Å². The van der Waals surface area contributed by atoms with Crippen LogP contribution in [0.25, 0.3) is 0 Å². The van der Waals surface area contributed by atoms with Crippen molar-refractivity contribution in [2.45, 2.75) is 32.4 Å². The molecule has 2 fully saturated rings. The summed E-state index contributed by atoms with van der Waals surface area (Å²) in [6, 6.07) is 3.77. The first kappa shape index (κ1) is 22.7. The van der Waals surface area contributed by atoms with E-state index in [1.807, 2.05) is 11.8 Å². The minimum absolute atomic E-state index is 0.00274. The smallest absolute Gasteiger partial charge is 0.387 e. The van der Waals surface area contributed by atoms with Crippen molar-refractivity contribution in [1.82, 2.24) is 14.7 Å². The maximum absolute atomic E-state index is 12.6. The molecule has 7 nitrogen and oxygen atoms in total. The molecule has 1 aromatic carbocycles. The van der Waals surface area contributed by atoms with E-state index in [1.165, 1.54) is 18.2 Å². The number of hydrogen-bond donors (Lipinski definition) is 1. The van der Waals surface area contributed by atoms with Gasteiger partial charge in [0.15, 0.2) is 0 Å². The van der Waals surface area contributed by atoms with Gasteiger partial charge in [-0.05, 0) is 38.0 Å². The summed E-state index contributed by atoms with van der Waals surface area (Å²) in [6.45, 7) is 3.81. The number of anilines is 1. The molecule has 0 aliphatic carbocycles. The molecule has 166 valence electrons. The summed E-state index contributed by atoms with van der Waals surface area (Å²) in [5.74, 6) is -0.171. The normalized spacial score (nSPS) is 19.2. The van der Waals surface area contributed by atoms with Gasteiger partial charge in [0, 0.05) is 45.0 Å². The number of carbonyl (C=O) groups is 2. The molecule has 1 N–H and O–H groups in total. The van der Waals surface area contributed by atoms with E-state index in [-0.39, 0.29) is 28.6 Å². The van der Waals surface area contributed by atoms with Crippen LogP contribution in [0.5, 0.6) is 5.75 Å². The van der Waals surface area contributed by atoms with E-state index < -0.39 is 6.61 Å². The molecule has 2 aliphatic rings. The van der Waals surface area contributed by atoms with Gasteiger partial charge in [-0.15, -0.1) is 0 Å². The maximum Gasteiger partial charge on any atom is 0.387 e. The van der Waals surface area contributed by atoms with E-state index in [1.54, 1.807) is 0 Å². The Balaban J connectivity index is 1.46. The van der Waals surface area contributed by atoms with Crippen molar-refractivity contribution in [3.05, 3.63) is 23.2 Å². The number of benzene rings is 1. The predicted molar refractivity (Wildman–Crippen MR) is 110 cm³/mol. The molecule has 30 heavy (non-hydrogen) atoms. The van der Waals surface area contributed by atoms with Gasteiger partial charge >= 0.3 is 6.61 Å². The van der Waals surface area contributed by atoms with Crippen LogP contribution >= 0.6 is 11.6 Å². The molecule has 0 radical (unpaired) electrons. The maximum atomic E-state index is 12.6. The van der Waals surface area contributed by atoms with E-state index in [4.69, 9.17) is 11.6 Å². The van der Waals surface area contributed by atoms with Crippen molar-refractivity contribution in [1.29, 1.82) is 0 Å². The quantitative estimate of drug-likeness (QED) is 0.700. The van der Waals surface area contributed by atoms with E-state index >= 15 is 0 Å². The second kappa shape index (κ2) is 10.4. The molecule has 2 heterocycles. The van der Waals surface area contributed by atoms with Gasteiger partial charge in [-0.1, -0.05) is 11.6 Å². The minimum atomic E-state index is -2.97. The molecule has 0 bridgehead atoms. The number of alkyl halides is 2. The highest BCUT2D eigenvalue weighted by atomic mass is 35.5. The summed E-state index contributed by atoms with van der Waals surface area (Å²) in [7, 11) is 0. The number of amides is 2. The van der Waals surface area contributed by atoms with Crippen molar-refractivity contribution in [3.8, 4) is 5.75 Å². The second-order valence-corrected chi connectivity index (χ2v) is 8.00. The Morgan fingerprint density at radius 1 is 1.13 bits per heavy atom. The second-order valence-electron chi connectivity index (χ2n) is 7.59. The molecule has 1 atom stereocenters. The molecule has 0 aromatic heterocycles. The van der Waals surface area contributed by atoms with Crippen LogP contribution in [0.4, 0.5) is 14.5 Å². The van der Waals surface area contributed by atoms with Crippen molar-refractivity contribution in [2.75, 3.05) is 51.1 Å². The van der Waals surface area contributed by atoms with Crippen molar-refractivity contribution in [2.24, 2.45) is 0 Å². The highest BCUT2D eigenvalue weighted by Crippen LogP contribution is 2.29. The van der Waals surface area contributed by atoms with Crippen LogP contribution in [0.15, 0.2) is 18.2 Å². The molecule has 2 saturated heterocycles. The zero-order valence-corrected chi connectivity index (χ0v) is 17.7. The van der Waals surface area contributed by atoms with Crippen LogP contribution in [-0.2, 0) is 9.59 Å². The summed E-state index contributed by atoms with van der Waals surface area (Å²) < 4.78 is 28.9. The number of likely N-dealkylation sites (tertiary alicyclic amines) is 1. The standard InChI is InChI=1S/C20H27ClF2N4O3/c1-14(19(29)24-15-4-5-17(16(21)12-15)30-20(22)23)26-10-8-25(9-11-26)13-18(28)27-6-2-3-7-27/h4-5,12,14,20H,2-3,6-11,13H2,1H3,(H,24,29). The highest BCUT2D eigenvalue weighted by molar-refractivity contribution is 6.32. The monoisotopic (exact) mass is 444 g/mol. The van der Waals surface area contributed by atoms with Gasteiger partial charge in [0.2, 0.25) is 11.8 Å². The largest absolute Gasteiger partial charge is 0.433 e. The fourth-order valence-corrected chi connectivity index (χ4v) is 3.97. The first-order valence-electron chi connectivity index (χ1n) is 10.1. The number of nitrogens with one attached hydrogen (secondary N) is 1. The highest BCUT2D eigenvalue weighted by Gasteiger charge is 2.28. The van der Waals surface area contributed by atoms with Gasteiger partial charge in [0.1, 0.15) is 5.75 Å². The number of ether oxygens (including phenoxy) is 1. The van der Waals surface area contributed by atoms with Crippen molar-refractivity contribution in [3.63, 3.8) is 0 Å². The van der Waals surface area contributed by atoms with Gasteiger partial charge in [-0.3, -0.25) is 19.4 Å². The van der Waals surface area contributed by atoms with Gasteiger partial charge in [0.05, 0.1) is 17.6 Å². The SMILES string of the molecule is CC(C(=O)Nc1ccc(OC(F)F)c(Cl)c1)N1CCN(CC(=O)N2CCCC2)CC1. The lowest BCUT2D eigenvalue weighted by molar-refractivity contribution is -0.132. The molecule has 3 rings (SSSR count). The first-order chi connectivity index (χ1) is 14.3. The molecular weight excluding hydrogens is 418 g/mol. The average molecular weight is 445 g/mol. The third-order valence-corrected chi connectivity index (χ3v) is 5.86. The van der Waals surface area contributed by atoms with Crippen LogP contribution in [0.3, 0.4) is 0 Å². The summed E-state index contributed by atoms with van der Waals surface area (Å²) >= 11 is 5.93. The number of halogens is 3. The van der Waals surface area contributed by atoms with E-state index in [0.717, 1.165) is 39.0 Å². The van der Waals surface area contributed by atoms with Crippen molar-refractivity contribution < 1.29 is 23.1 Å². The Morgan fingerprint density at radius 3 is 2.40 bits per heavy atom. The zero-order valence-electron chi connectivity index (χ0n) is 17.0. The molecule has 0 spiro atoms. The number of hydrogen-bond acceptors (Lipinski definition) is 5. The molecule has 1 aromatic rings. The molecule has 1 unspecified atom stereocenters. The zero-order chi connectivity index (χ0) is 21.7. The Labute approximate surface area is 179 Å². The van der Waals surface area contributed by atoms with Gasteiger partial charge in [-0.25, -0.2) is 0 Å². The number of rotatable bonds is 7. The Hall–Kier alpha value is -1.97. The minimum Gasteiger partial charge on any atom is -0.433 e. The fourth-order valence-electron chi connectivity index (χ4n) is 3.75. The fraction of sp³-hybridized carbons (Fsp3) is 0.600. The lowest BCUT2D eigenvalue weighted by Crippen LogP contribution is -2.54.